The molecule has 2 N–H and O–H groups in total. The van der Waals surface area contributed by atoms with E-state index in [1.807, 2.05) is 60.7 Å². The van der Waals surface area contributed by atoms with Crippen LogP contribution < -0.4 is 5.32 Å². The Kier molecular flexibility index (Phi) is 31.1. The zero-order valence-electron chi connectivity index (χ0n) is 63.1. The third kappa shape index (κ3) is 22.3. The monoisotopic (exact) mass is 1570 g/mol. The zero-order chi connectivity index (χ0) is 80.9. The van der Waals surface area contributed by atoms with Gasteiger partial charge in [-0.15, -0.1) is 0 Å². The SMILES string of the molecule is COC(=O)[C@@]1(O[C@H]2[C@@H](OC(C)=O)[C@@H](COC(C)=O)O[C@@H](O[C@H]3[C@H](O[C@@H]4O[C@@H](C)[C@@H](OCc5ccccc5)[C@@H](OCc5ccccc5)[C@@H]4OCc4ccccc4)[C@@H](N4C(=O)c5ccccc5C4=O)[C@H](OCCCN=[N+]=[N-])O[C@@H]3CO)[C@@H]2OC(C)=O)C[C@H](OC(C)=O)[C@@H](NC(C)=O)[C@H]([C@H](OC(C)=O)[C@@H](COC(C)=O)OC(C)=O)O1. The van der Waals surface area contributed by atoms with E-state index in [4.69, 9.17) is 90.0 Å². The van der Waals surface area contributed by atoms with Crippen LogP contribution >= 0.6 is 0 Å². The van der Waals surface area contributed by atoms with Crippen LogP contribution in [-0.4, -0.2) is 244 Å². The van der Waals surface area contributed by atoms with Gasteiger partial charge in [-0.25, -0.2) is 4.79 Å². The maximum atomic E-state index is 15.4. The Morgan fingerprint density at radius 1 is 0.580 bits per heavy atom. The molecule has 4 aromatic rings. The Morgan fingerprint density at radius 2 is 1.10 bits per heavy atom. The number of ether oxygens (including phenoxy) is 19. The summed E-state index contributed by atoms with van der Waals surface area (Å²) in [6.45, 7) is 5.73. The number of amides is 3. The van der Waals surface area contributed by atoms with Crippen molar-refractivity contribution in [3.05, 3.63) is 154 Å². The second kappa shape index (κ2) is 40.5. The van der Waals surface area contributed by atoms with Crippen molar-refractivity contribution in [3.63, 3.8) is 0 Å². The Morgan fingerprint density at radius 3 is 1.62 bits per heavy atom. The van der Waals surface area contributed by atoms with Crippen molar-refractivity contribution >= 4 is 65.5 Å². The van der Waals surface area contributed by atoms with E-state index >= 15 is 14.4 Å². The maximum Gasteiger partial charge on any atom is 0.366 e. The number of carbonyl (C=O) groups is 11. The molecule has 0 aliphatic carbocycles. The molecule has 0 radical (unpaired) electrons. The molecule has 112 heavy (non-hydrogen) atoms. The van der Waals surface area contributed by atoms with Gasteiger partial charge in [0.25, 0.3) is 17.6 Å². The van der Waals surface area contributed by atoms with Crippen molar-refractivity contribution in [2.24, 2.45) is 5.11 Å². The van der Waals surface area contributed by atoms with Crippen molar-refractivity contribution in [2.45, 2.75) is 223 Å². The van der Waals surface area contributed by atoms with Gasteiger partial charge in [0.15, 0.2) is 43.3 Å². The predicted molar refractivity (Wildman–Crippen MR) is 377 cm³/mol. The van der Waals surface area contributed by atoms with Gasteiger partial charge < -0.3 is 100 Å². The van der Waals surface area contributed by atoms with Gasteiger partial charge in [-0.2, -0.15) is 0 Å². The number of aliphatic hydroxyl groups is 1. The molecule has 5 aliphatic rings. The first-order valence-corrected chi connectivity index (χ1v) is 35.9. The average molecular weight is 1570 g/mol. The number of fused-ring (bicyclic) bond motifs is 1. The minimum Gasteiger partial charge on any atom is -0.465 e. The average Bonchev–Trinajstić information content (AvgIpc) is 1.02. The number of aliphatic hydroxyl groups excluding tert-OH is 1. The van der Waals surface area contributed by atoms with Crippen LogP contribution in [0.3, 0.4) is 0 Å². The predicted octanol–water partition coefficient (Wildman–Crippen LogP) is 4.41. The maximum absolute atomic E-state index is 15.4. The Hall–Kier alpha value is -9.92. The molecule has 4 aromatic carbocycles. The second-order valence-corrected chi connectivity index (χ2v) is 26.6. The van der Waals surface area contributed by atoms with Gasteiger partial charge in [0.1, 0.15) is 80.3 Å². The molecular formula is C76H91N5O31. The number of nitrogens with one attached hydrogen (secondary N) is 1. The molecule has 0 saturated carbocycles. The van der Waals surface area contributed by atoms with E-state index < -0.39 is 220 Å². The van der Waals surface area contributed by atoms with Crippen molar-refractivity contribution in [1.29, 1.82) is 0 Å². The molecule has 5 heterocycles. The lowest BCUT2D eigenvalue weighted by Gasteiger charge is -2.53. The van der Waals surface area contributed by atoms with Gasteiger partial charge in [-0.1, -0.05) is 108 Å². The minimum absolute atomic E-state index is 0.00452. The van der Waals surface area contributed by atoms with E-state index in [1.54, 1.807) is 37.3 Å². The molecule has 3 amide bonds. The largest absolute Gasteiger partial charge is 0.465 e. The van der Waals surface area contributed by atoms with Gasteiger partial charge in [0.2, 0.25) is 5.91 Å². The van der Waals surface area contributed by atoms with Gasteiger partial charge >= 0.3 is 47.8 Å². The van der Waals surface area contributed by atoms with Gasteiger partial charge in [0, 0.05) is 73.5 Å². The smallest absolute Gasteiger partial charge is 0.366 e. The molecule has 36 heteroatoms. The fraction of sp³-hybridized carbons (Fsp3) is 0.539. The van der Waals surface area contributed by atoms with Crippen LogP contribution in [0.5, 0.6) is 0 Å². The van der Waals surface area contributed by atoms with Crippen molar-refractivity contribution in [1.82, 2.24) is 10.2 Å². The summed E-state index contributed by atoms with van der Waals surface area (Å²) >= 11 is 0. The van der Waals surface area contributed by atoms with E-state index in [0.717, 1.165) is 78.5 Å². The summed E-state index contributed by atoms with van der Waals surface area (Å²) in [6.07, 6.45) is -34.4. The van der Waals surface area contributed by atoms with E-state index in [0.29, 0.717) is 5.56 Å². The lowest BCUT2D eigenvalue weighted by atomic mass is 9.87. The highest BCUT2D eigenvalue weighted by Crippen LogP contribution is 2.45. The van der Waals surface area contributed by atoms with E-state index in [9.17, 15) is 49.0 Å². The van der Waals surface area contributed by atoms with Crippen LogP contribution in [0.15, 0.2) is 120 Å². The fourth-order valence-electron chi connectivity index (χ4n) is 13.8. The molecule has 36 nitrogen and oxygen atoms in total. The molecule has 4 saturated heterocycles. The number of benzene rings is 4. The first kappa shape index (κ1) is 86.1. The Bertz CT molecular complexity index is 3930. The topological polar surface area (TPSA) is 447 Å². The third-order valence-electron chi connectivity index (χ3n) is 18.3. The minimum atomic E-state index is -3.25. The number of hydrogen-bond donors (Lipinski definition) is 2. The molecular weight excluding hydrogens is 1480 g/mol. The molecule has 21 atom stereocenters. The number of methoxy groups -OCH3 is 1. The van der Waals surface area contributed by atoms with Gasteiger partial charge in [-0.05, 0) is 47.7 Å². The Labute approximate surface area is 643 Å². The standard InChI is InChI=1S/C76H91N5O31/c1-40-60(98-35-49-23-14-11-15-24-49)66(99-36-50-25-16-12-17-26-50)68(100-37-51-27-18-13-19-28-51)73(101-40)110-65-59(81-70(91)52-29-20-21-30-53(52)71(81)92)72(95-32-22-31-78-80-77)107-55(34-82)61(65)109-74-69(106-48(9)90)67(63(105-47(8)89)57(108-74)39-97-43(4)85)112-76(75(93)94-10)33-54(102-44(5)86)58(79-41(2)83)64(111-76)62(104-46(7)88)56(103-45(6)87)38-96-42(3)84/h11-21,23-30,40,54-69,72-74,82H,22,31-39H2,1-10H3,(H,79,83)/t40-,54-,55+,56+,57+,58+,59+,60+,61+,62+,63-,64+,65+,66+,67-,68-,69+,72+,73-,74-,76-/m0/s1. The number of imide groups is 1. The number of esters is 8. The summed E-state index contributed by atoms with van der Waals surface area (Å²) in [6, 6.07) is 29.5. The van der Waals surface area contributed by atoms with Crippen LogP contribution in [0.1, 0.15) is 113 Å². The molecule has 0 unspecified atom stereocenters. The van der Waals surface area contributed by atoms with Gasteiger partial charge in [-0.3, -0.25) is 52.8 Å². The summed E-state index contributed by atoms with van der Waals surface area (Å²) in [5.41, 5.74) is 11.2. The molecule has 0 spiro atoms. The van der Waals surface area contributed by atoms with Crippen molar-refractivity contribution in [3.8, 4) is 0 Å². The highest BCUT2D eigenvalue weighted by Gasteiger charge is 2.65. The zero-order valence-corrected chi connectivity index (χ0v) is 63.1. The highest BCUT2D eigenvalue weighted by atomic mass is 16.8. The first-order valence-electron chi connectivity index (χ1n) is 35.9. The fourth-order valence-corrected chi connectivity index (χ4v) is 13.8. The van der Waals surface area contributed by atoms with E-state index in [-0.39, 0.29) is 50.5 Å². The molecule has 0 bridgehead atoms. The summed E-state index contributed by atoms with van der Waals surface area (Å²) in [5, 5.41) is 18.1. The summed E-state index contributed by atoms with van der Waals surface area (Å²) < 4.78 is 121. The number of hydrogen-bond acceptors (Lipinski definition) is 32. The number of azide groups is 1. The Balaban J connectivity index is 1.27. The van der Waals surface area contributed by atoms with Crippen molar-refractivity contribution < 1.29 is 148 Å². The van der Waals surface area contributed by atoms with E-state index in [2.05, 4.69) is 15.3 Å². The number of rotatable bonds is 35. The quantitative estimate of drug-likeness (QED) is 0.0122. The van der Waals surface area contributed by atoms with Crippen LogP contribution in [0, 0.1) is 0 Å². The summed E-state index contributed by atoms with van der Waals surface area (Å²) in [5.74, 6) is -15.1. The first-order chi connectivity index (χ1) is 53.6. The number of nitrogens with zero attached hydrogens (tertiary/aromatic N) is 4. The summed E-state index contributed by atoms with van der Waals surface area (Å²) in [4.78, 5) is 156. The third-order valence-corrected chi connectivity index (χ3v) is 18.3. The van der Waals surface area contributed by atoms with Crippen LogP contribution in [0.25, 0.3) is 10.4 Å². The lowest BCUT2D eigenvalue weighted by molar-refractivity contribution is -0.395. The van der Waals surface area contributed by atoms with Gasteiger partial charge in [0.05, 0.1) is 63.2 Å². The molecule has 5 aliphatic heterocycles. The highest BCUT2D eigenvalue weighted by molar-refractivity contribution is 6.21. The molecule has 0 aromatic heterocycles. The normalized spacial score (nSPS) is 28.7. The number of carbonyl (C=O) groups excluding carboxylic acids is 11. The lowest BCUT2D eigenvalue weighted by Crippen LogP contribution is -2.73. The van der Waals surface area contributed by atoms with Crippen molar-refractivity contribution in [2.75, 3.05) is 40.1 Å². The van der Waals surface area contributed by atoms with Crippen LogP contribution in [0.4, 0.5) is 0 Å². The van der Waals surface area contributed by atoms with Crippen LogP contribution in [-0.2, 0) is 153 Å². The second-order valence-electron chi connectivity index (χ2n) is 26.6. The molecule has 4 fully saturated rings. The van der Waals surface area contributed by atoms with E-state index in [1.165, 1.54) is 24.3 Å². The molecule has 9 rings (SSSR count). The van der Waals surface area contributed by atoms with Crippen LogP contribution in [0.2, 0.25) is 0 Å². The summed E-state index contributed by atoms with van der Waals surface area (Å²) in [7, 11) is 0.842. The molecule has 606 valence electrons.